The lowest BCUT2D eigenvalue weighted by atomic mass is 10.3. The fraction of sp³-hybridized carbons (Fsp3) is 0.273. The number of rotatable bonds is 5. The number of anilines is 4. The minimum Gasteiger partial charge on any atom is -0.404 e. The summed E-state index contributed by atoms with van der Waals surface area (Å²) in [5.74, 6) is 2.07. The molecular weight excluding hydrogens is 451 g/mol. The smallest absolute Gasteiger partial charge is 0.404 e. The lowest BCUT2D eigenvalue weighted by Crippen LogP contribution is -2.50. The van der Waals surface area contributed by atoms with Crippen LogP contribution in [0.3, 0.4) is 0 Å². The van der Waals surface area contributed by atoms with Crippen molar-refractivity contribution in [2.75, 3.05) is 41.7 Å². The summed E-state index contributed by atoms with van der Waals surface area (Å²) in [6.45, 7) is 3.50. The number of carbonyl (C=O) groups is 1. The number of carbonyl (C=O) groups excluding carboxylic acids is 1. The van der Waals surface area contributed by atoms with Crippen molar-refractivity contribution < 1.29 is 22.7 Å². The Bertz CT molecular complexity index is 1140. The molecule has 2 aromatic heterocycles. The van der Waals surface area contributed by atoms with Gasteiger partial charge in [-0.25, -0.2) is 19.7 Å². The second-order valence-corrected chi connectivity index (χ2v) is 7.45. The summed E-state index contributed by atoms with van der Waals surface area (Å²) in [6.07, 6.45) is -3.18. The fourth-order valence-corrected chi connectivity index (χ4v) is 3.46. The van der Waals surface area contributed by atoms with Crippen LogP contribution in [0.15, 0.2) is 54.7 Å². The van der Waals surface area contributed by atoms with Gasteiger partial charge >= 0.3 is 12.4 Å². The molecule has 1 aromatic carbocycles. The first kappa shape index (κ1) is 23.1. The van der Waals surface area contributed by atoms with Crippen LogP contribution in [0.5, 0.6) is 5.75 Å². The number of nitrogens with one attached hydrogen (secondary N) is 2. The number of aryl methyl sites for hydroxylation is 1. The Morgan fingerprint density at radius 2 is 1.74 bits per heavy atom. The molecule has 178 valence electrons. The minimum absolute atomic E-state index is 0.0519. The SMILES string of the molecule is Cc1nc(Nc2ccccn2)cc(N2CCN(C(=O)Nc3ccccc3OC(F)(F)F)CC2)n1. The van der Waals surface area contributed by atoms with Crippen molar-refractivity contribution in [2.45, 2.75) is 13.3 Å². The molecule has 12 heteroatoms. The zero-order chi connectivity index (χ0) is 24.1. The number of urea groups is 1. The van der Waals surface area contributed by atoms with Crippen molar-refractivity contribution in [1.29, 1.82) is 0 Å². The van der Waals surface area contributed by atoms with E-state index in [1.165, 1.54) is 23.1 Å². The number of alkyl halides is 3. The quantitative estimate of drug-likeness (QED) is 0.574. The molecule has 0 bridgehead atoms. The van der Waals surface area contributed by atoms with Gasteiger partial charge in [0.05, 0.1) is 5.69 Å². The van der Waals surface area contributed by atoms with Crippen LogP contribution < -0.4 is 20.3 Å². The molecule has 1 aliphatic heterocycles. The van der Waals surface area contributed by atoms with E-state index in [1.807, 2.05) is 29.2 Å². The predicted octanol–water partition coefficient (Wildman–Crippen LogP) is 4.18. The monoisotopic (exact) mass is 473 g/mol. The van der Waals surface area contributed by atoms with Gasteiger partial charge in [-0.15, -0.1) is 13.2 Å². The predicted molar refractivity (Wildman–Crippen MR) is 120 cm³/mol. The number of nitrogens with zero attached hydrogens (tertiary/aromatic N) is 5. The lowest BCUT2D eigenvalue weighted by Gasteiger charge is -2.35. The molecule has 0 spiro atoms. The Hall–Kier alpha value is -4.09. The summed E-state index contributed by atoms with van der Waals surface area (Å²) in [4.78, 5) is 29.3. The summed E-state index contributed by atoms with van der Waals surface area (Å²) in [7, 11) is 0. The summed E-state index contributed by atoms with van der Waals surface area (Å²) in [6, 6.07) is 12.2. The minimum atomic E-state index is -4.85. The highest BCUT2D eigenvalue weighted by Gasteiger charge is 2.32. The van der Waals surface area contributed by atoms with Gasteiger partial charge < -0.3 is 25.2 Å². The molecule has 9 nitrogen and oxygen atoms in total. The number of pyridine rings is 1. The van der Waals surface area contributed by atoms with Gasteiger partial charge in [0.1, 0.15) is 23.3 Å². The van der Waals surface area contributed by atoms with Gasteiger partial charge in [-0.2, -0.15) is 0 Å². The Balaban J connectivity index is 1.38. The molecule has 4 rings (SSSR count). The zero-order valence-electron chi connectivity index (χ0n) is 18.2. The Morgan fingerprint density at radius 3 is 2.44 bits per heavy atom. The lowest BCUT2D eigenvalue weighted by molar-refractivity contribution is -0.274. The van der Waals surface area contributed by atoms with Gasteiger partial charge in [0, 0.05) is 38.4 Å². The van der Waals surface area contributed by atoms with E-state index in [9.17, 15) is 18.0 Å². The Morgan fingerprint density at radius 1 is 1.00 bits per heavy atom. The molecule has 0 aliphatic carbocycles. The second kappa shape index (κ2) is 9.81. The highest BCUT2D eigenvalue weighted by Crippen LogP contribution is 2.30. The van der Waals surface area contributed by atoms with Crippen LogP contribution in [0, 0.1) is 6.92 Å². The van der Waals surface area contributed by atoms with Gasteiger partial charge in [-0.1, -0.05) is 18.2 Å². The molecule has 3 aromatic rings. The van der Waals surface area contributed by atoms with Crippen LogP contribution in [0.1, 0.15) is 5.82 Å². The first-order valence-corrected chi connectivity index (χ1v) is 10.5. The number of para-hydroxylation sites is 2. The fourth-order valence-electron chi connectivity index (χ4n) is 3.46. The van der Waals surface area contributed by atoms with E-state index in [4.69, 9.17) is 0 Å². The number of benzene rings is 1. The van der Waals surface area contributed by atoms with Crippen LogP contribution in [0.25, 0.3) is 0 Å². The number of piperazine rings is 1. The molecule has 0 unspecified atom stereocenters. The van der Waals surface area contributed by atoms with E-state index in [1.54, 1.807) is 13.1 Å². The highest BCUT2D eigenvalue weighted by atomic mass is 19.4. The zero-order valence-corrected chi connectivity index (χ0v) is 18.2. The molecule has 0 saturated carbocycles. The first-order chi connectivity index (χ1) is 16.3. The molecule has 1 aliphatic rings. The van der Waals surface area contributed by atoms with Crippen LogP contribution in [0.2, 0.25) is 0 Å². The van der Waals surface area contributed by atoms with Crippen LogP contribution in [-0.2, 0) is 0 Å². The summed E-state index contributed by atoms with van der Waals surface area (Å²) in [5.41, 5.74) is -0.0519. The second-order valence-electron chi connectivity index (χ2n) is 7.45. The molecule has 2 N–H and O–H groups in total. The van der Waals surface area contributed by atoms with Crippen LogP contribution in [0.4, 0.5) is 41.1 Å². The van der Waals surface area contributed by atoms with Crippen molar-refractivity contribution >= 4 is 29.2 Å². The number of hydrogen-bond acceptors (Lipinski definition) is 7. The average Bonchev–Trinajstić information content (AvgIpc) is 2.80. The van der Waals surface area contributed by atoms with Crippen molar-refractivity contribution in [2.24, 2.45) is 0 Å². The molecule has 0 atom stereocenters. The summed E-state index contributed by atoms with van der Waals surface area (Å²) in [5, 5.41) is 5.65. The maximum Gasteiger partial charge on any atom is 0.573 e. The van der Waals surface area contributed by atoms with Gasteiger partial charge in [-0.05, 0) is 31.2 Å². The number of halogens is 3. The largest absolute Gasteiger partial charge is 0.573 e. The average molecular weight is 473 g/mol. The van der Waals surface area contributed by atoms with Crippen molar-refractivity contribution in [3.05, 3.63) is 60.6 Å². The van der Waals surface area contributed by atoms with E-state index in [0.29, 0.717) is 49.5 Å². The maximum absolute atomic E-state index is 12.7. The van der Waals surface area contributed by atoms with E-state index < -0.39 is 18.1 Å². The van der Waals surface area contributed by atoms with Crippen molar-refractivity contribution in [3.8, 4) is 5.75 Å². The first-order valence-electron chi connectivity index (χ1n) is 10.5. The van der Waals surface area contributed by atoms with Crippen LogP contribution in [-0.4, -0.2) is 58.4 Å². The summed E-state index contributed by atoms with van der Waals surface area (Å²) >= 11 is 0. The molecule has 0 radical (unpaired) electrons. The summed E-state index contributed by atoms with van der Waals surface area (Å²) < 4.78 is 41.9. The number of ether oxygens (including phenoxy) is 1. The topological polar surface area (TPSA) is 95.5 Å². The van der Waals surface area contributed by atoms with Gasteiger partial charge in [0.2, 0.25) is 0 Å². The third-order valence-electron chi connectivity index (χ3n) is 4.99. The standard InChI is InChI=1S/C22H22F3N7O2/c1-15-27-19(30-18-8-4-5-9-26-18)14-20(28-15)31-10-12-32(13-11-31)21(33)29-16-6-2-3-7-17(16)34-22(23,24)25/h2-9,14H,10-13H2,1H3,(H,29,33)(H,26,27,28,30). The highest BCUT2D eigenvalue weighted by molar-refractivity contribution is 5.91. The number of amides is 2. The van der Waals surface area contributed by atoms with Gasteiger partial charge in [0.15, 0.2) is 5.75 Å². The molecule has 3 heterocycles. The normalized spacial score (nSPS) is 14.0. The van der Waals surface area contributed by atoms with Crippen molar-refractivity contribution in [3.63, 3.8) is 0 Å². The number of hydrogen-bond donors (Lipinski definition) is 2. The molecular formula is C22H22F3N7O2. The molecule has 2 amide bonds. The number of aromatic nitrogens is 3. The van der Waals surface area contributed by atoms with E-state index in [2.05, 4.69) is 30.3 Å². The van der Waals surface area contributed by atoms with E-state index in [-0.39, 0.29) is 5.69 Å². The Kier molecular flexibility index (Phi) is 6.66. The van der Waals surface area contributed by atoms with E-state index in [0.717, 1.165) is 6.07 Å². The Labute approximate surface area is 193 Å². The maximum atomic E-state index is 12.7. The van der Waals surface area contributed by atoms with Crippen molar-refractivity contribution in [1.82, 2.24) is 19.9 Å². The van der Waals surface area contributed by atoms with Crippen LogP contribution >= 0.6 is 0 Å². The van der Waals surface area contributed by atoms with E-state index >= 15 is 0 Å². The molecule has 1 saturated heterocycles. The van der Waals surface area contributed by atoms with Gasteiger partial charge in [-0.3, -0.25) is 0 Å². The molecule has 34 heavy (non-hydrogen) atoms. The van der Waals surface area contributed by atoms with Gasteiger partial charge in [0.25, 0.3) is 0 Å². The third-order valence-corrected chi connectivity index (χ3v) is 4.99. The molecule has 1 fully saturated rings. The third kappa shape index (κ3) is 6.03.